The highest BCUT2D eigenvalue weighted by Crippen LogP contribution is 2.26. The number of nitrogens with one attached hydrogen (secondary N) is 1. The summed E-state index contributed by atoms with van der Waals surface area (Å²) in [6.45, 7) is 4.79. The molecule has 6 nitrogen and oxygen atoms in total. The Morgan fingerprint density at radius 2 is 1.97 bits per heavy atom. The predicted octanol–water partition coefficient (Wildman–Crippen LogP) is 3.74. The van der Waals surface area contributed by atoms with Gasteiger partial charge in [0.2, 0.25) is 11.8 Å². The van der Waals surface area contributed by atoms with E-state index in [1.165, 1.54) is 11.6 Å². The summed E-state index contributed by atoms with van der Waals surface area (Å²) in [7, 11) is 3.27. The first kappa shape index (κ1) is 21.4. The standard InChI is InChI=1S/C24H28N2O4/c1-4-24(28)26-13-12-17-14-20(9-8-19(17)16-26)25-23(27)7-5-6-18-15-21(29-2)10-11-22(18)30-3/h4,8-11,14-15H,1,5-7,12-13,16H2,2-3H3,(H,25,27). The maximum absolute atomic E-state index is 12.4. The van der Waals surface area contributed by atoms with Gasteiger partial charge in [-0.3, -0.25) is 9.59 Å². The fraction of sp³-hybridized carbons (Fsp3) is 0.333. The van der Waals surface area contributed by atoms with Crippen LogP contribution in [0.3, 0.4) is 0 Å². The molecule has 0 atom stereocenters. The maximum atomic E-state index is 12.4. The van der Waals surface area contributed by atoms with Crippen LogP contribution < -0.4 is 14.8 Å². The Labute approximate surface area is 177 Å². The van der Waals surface area contributed by atoms with Gasteiger partial charge in [0.15, 0.2) is 0 Å². The molecule has 0 saturated carbocycles. The molecule has 2 aromatic carbocycles. The number of carbonyl (C=O) groups is 2. The summed E-state index contributed by atoms with van der Waals surface area (Å²) in [6, 6.07) is 11.6. The number of hydrogen-bond donors (Lipinski definition) is 1. The Hall–Kier alpha value is -3.28. The quantitative estimate of drug-likeness (QED) is 0.676. The number of aryl methyl sites for hydroxylation is 1. The molecule has 6 heteroatoms. The van der Waals surface area contributed by atoms with Crippen LogP contribution in [0.4, 0.5) is 5.69 Å². The van der Waals surface area contributed by atoms with E-state index in [2.05, 4.69) is 11.9 Å². The van der Waals surface area contributed by atoms with E-state index in [0.717, 1.165) is 41.2 Å². The van der Waals surface area contributed by atoms with Gasteiger partial charge in [0.25, 0.3) is 0 Å². The molecule has 0 bridgehead atoms. The monoisotopic (exact) mass is 408 g/mol. The van der Waals surface area contributed by atoms with E-state index in [-0.39, 0.29) is 11.8 Å². The van der Waals surface area contributed by atoms with E-state index >= 15 is 0 Å². The SMILES string of the molecule is C=CC(=O)N1CCc2cc(NC(=O)CCCc3cc(OC)ccc3OC)ccc2C1. The molecule has 1 heterocycles. The average molecular weight is 408 g/mol. The van der Waals surface area contributed by atoms with Gasteiger partial charge in [-0.2, -0.15) is 0 Å². The first-order valence-electron chi connectivity index (χ1n) is 10.1. The lowest BCUT2D eigenvalue weighted by atomic mass is 9.99. The van der Waals surface area contributed by atoms with E-state index in [4.69, 9.17) is 9.47 Å². The third kappa shape index (κ3) is 5.20. The lowest BCUT2D eigenvalue weighted by Crippen LogP contribution is -2.34. The number of amides is 2. The molecule has 1 aliphatic rings. The fourth-order valence-electron chi connectivity index (χ4n) is 3.69. The Balaban J connectivity index is 1.54. The summed E-state index contributed by atoms with van der Waals surface area (Å²) in [6.07, 6.45) is 3.97. The number of ether oxygens (including phenoxy) is 2. The first-order valence-corrected chi connectivity index (χ1v) is 10.1. The van der Waals surface area contributed by atoms with Crippen LogP contribution in [0.1, 0.15) is 29.5 Å². The molecule has 0 aromatic heterocycles. The molecule has 0 aliphatic carbocycles. The molecule has 0 fully saturated rings. The number of rotatable bonds is 8. The fourth-order valence-corrected chi connectivity index (χ4v) is 3.69. The van der Waals surface area contributed by atoms with Gasteiger partial charge >= 0.3 is 0 Å². The molecular formula is C24H28N2O4. The van der Waals surface area contributed by atoms with Gasteiger partial charge in [0.1, 0.15) is 11.5 Å². The second-order valence-corrected chi connectivity index (χ2v) is 7.28. The summed E-state index contributed by atoms with van der Waals surface area (Å²) in [5, 5.41) is 2.98. The number of hydrogen-bond acceptors (Lipinski definition) is 4. The maximum Gasteiger partial charge on any atom is 0.246 e. The minimum absolute atomic E-state index is 0.0175. The number of fused-ring (bicyclic) bond motifs is 1. The Bertz CT molecular complexity index is 939. The van der Waals surface area contributed by atoms with E-state index in [1.807, 2.05) is 36.4 Å². The van der Waals surface area contributed by atoms with Crippen molar-refractivity contribution < 1.29 is 19.1 Å². The van der Waals surface area contributed by atoms with E-state index in [0.29, 0.717) is 25.9 Å². The number of nitrogens with zero attached hydrogens (tertiary/aromatic N) is 1. The molecule has 0 spiro atoms. The van der Waals surface area contributed by atoms with Crippen LogP contribution >= 0.6 is 0 Å². The van der Waals surface area contributed by atoms with Gasteiger partial charge < -0.3 is 19.7 Å². The zero-order valence-corrected chi connectivity index (χ0v) is 17.6. The van der Waals surface area contributed by atoms with Crippen molar-refractivity contribution in [1.82, 2.24) is 4.90 Å². The van der Waals surface area contributed by atoms with E-state index in [1.54, 1.807) is 19.1 Å². The van der Waals surface area contributed by atoms with Crippen molar-refractivity contribution in [3.63, 3.8) is 0 Å². The van der Waals surface area contributed by atoms with Crippen LogP contribution in [0.15, 0.2) is 49.1 Å². The smallest absolute Gasteiger partial charge is 0.246 e. The van der Waals surface area contributed by atoms with Crippen molar-refractivity contribution in [2.24, 2.45) is 0 Å². The molecule has 30 heavy (non-hydrogen) atoms. The highest BCUT2D eigenvalue weighted by Gasteiger charge is 2.19. The van der Waals surface area contributed by atoms with Gasteiger partial charge in [-0.05, 0) is 72.4 Å². The summed E-state index contributed by atoms with van der Waals surface area (Å²) in [5.74, 6) is 1.51. The number of anilines is 1. The van der Waals surface area contributed by atoms with Crippen LogP contribution in [0.2, 0.25) is 0 Å². The van der Waals surface area contributed by atoms with Crippen LogP contribution in [0.5, 0.6) is 11.5 Å². The number of benzene rings is 2. The zero-order valence-electron chi connectivity index (χ0n) is 17.6. The minimum atomic E-state index is -0.0503. The second kappa shape index (κ2) is 9.96. The first-order chi connectivity index (χ1) is 14.5. The predicted molar refractivity (Wildman–Crippen MR) is 117 cm³/mol. The Morgan fingerprint density at radius 3 is 2.70 bits per heavy atom. The van der Waals surface area contributed by atoms with Crippen molar-refractivity contribution in [2.45, 2.75) is 32.2 Å². The van der Waals surface area contributed by atoms with Crippen LogP contribution in [0, 0.1) is 0 Å². The lowest BCUT2D eigenvalue weighted by Gasteiger charge is -2.28. The molecule has 0 radical (unpaired) electrons. The lowest BCUT2D eigenvalue weighted by molar-refractivity contribution is -0.126. The van der Waals surface area contributed by atoms with Crippen molar-refractivity contribution in [3.05, 3.63) is 65.7 Å². The summed E-state index contributed by atoms with van der Waals surface area (Å²) in [4.78, 5) is 26.0. The molecule has 158 valence electrons. The summed E-state index contributed by atoms with van der Waals surface area (Å²) in [5.41, 5.74) is 4.10. The van der Waals surface area contributed by atoms with E-state index in [9.17, 15) is 9.59 Å². The largest absolute Gasteiger partial charge is 0.497 e. The van der Waals surface area contributed by atoms with Gasteiger partial charge in [0.05, 0.1) is 14.2 Å². The third-order valence-electron chi connectivity index (χ3n) is 5.33. The highest BCUT2D eigenvalue weighted by molar-refractivity contribution is 5.91. The van der Waals surface area contributed by atoms with Gasteiger partial charge in [-0.15, -0.1) is 0 Å². The third-order valence-corrected chi connectivity index (χ3v) is 5.33. The topological polar surface area (TPSA) is 67.9 Å². The molecular weight excluding hydrogens is 380 g/mol. The molecule has 2 aromatic rings. The van der Waals surface area contributed by atoms with Crippen molar-refractivity contribution in [2.75, 3.05) is 26.1 Å². The average Bonchev–Trinajstić information content (AvgIpc) is 2.78. The number of carbonyl (C=O) groups excluding carboxylic acids is 2. The highest BCUT2D eigenvalue weighted by atomic mass is 16.5. The molecule has 0 saturated heterocycles. The molecule has 2 amide bonds. The molecule has 1 aliphatic heterocycles. The van der Waals surface area contributed by atoms with Gasteiger partial charge in [0, 0.05) is 25.2 Å². The van der Waals surface area contributed by atoms with Crippen LogP contribution in [0.25, 0.3) is 0 Å². The summed E-state index contributed by atoms with van der Waals surface area (Å²) < 4.78 is 10.7. The molecule has 1 N–H and O–H groups in total. The van der Waals surface area contributed by atoms with E-state index < -0.39 is 0 Å². The normalized spacial score (nSPS) is 12.7. The Morgan fingerprint density at radius 1 is 1.13 bits per heavy atom. The van der Waals surface area contributed by atoms with Gasteiger partial charge in [-0.25, -0.2) is 0 Å². The molecule has 3 rings (SSSR count). The van der Waals surface area contributed by atoms with Crippen LogP contribution in [-0.2, 0) is 29.0 Å². The van der Waals surface area contributed by atoms with Crippen molar-refractivity contribution in [3.8, 4) is 11.5 Å². The zero-order chi connectivity index (χ0) is 21.5. The van der Waals surface area contributed by atoms with Crippen molar-refractivity contribution >= 4 is 17.5 Å². The second-order valence-electron chi connectivity index (χ2n) is 7.28. The molecule has 0 unspecified atom stereocenters. The number of methoxy groups -OCH3 is 2. The van der Waals surface area contributed by atoms with Gasteiger partial charge in [-0.1, -0.05) is 12.6 Å². The minimum Gasteiger partial charge on any atom is -0.497 e. The summed E-state index contributed by atoms with van der Waals surface area (Å²) >= 11 is 0. The van der Waals surface area contributed by atoms with Crippen LogP contribution in [-0.4, -0.2) is 37.5 Å². The Kier molecular flexibility index (Phi) is 7.12. The van der Waals surface area contributed by atoms with Crippen molar-refractivity contribution in [1.29, 1.82) is 0 Å².